The number of rotatable bonds is 6. The van der Waals surface area contributed by atoms with Crippen LogP contribution in [0.1, 0.15) is 42.5 Å². The maximum absolute atomic E-state index is 11.0. The number of aromatic amines is 2. The molecule has 23 heavy (non-hydrogen) atoms. The molecule has 0 atom stereocenters. The number of hydrogen-bond acceptors (Lipinski definition) is 6. The second-order valence-corrected chi connectivity index (χ2v) is 6.33. The normalized spacial score (nSPS) is 11.4. The summed E-state index contributed by atoms with van der Waals surface area (Å²) in [7, 11) is 0. The van der Waals surface area contributed by atoms with E-state index in [1.165, 1.54) is 17.3 Å². The van der Waals surface area contributed by atoms with Crippen LogP contribution in [-0.2, 0) is 12.2 Å². The van der Waals surface area contributed by atoms with Crippen molar-refractivity contribution in [1.82, 2.24) is 34.8 Å². The summed E-state index contributed by atoms with van der Waals surface area (Å²) in [5, 5.41) is 11.4. The van der Waals surface area contributed by atoms with Gasteiger partial charge in [0.15, 0.2) is 0 Å². The zero-order valence-corrected chi connectivity index (χ0v) is 14.2. The van der Waals surface area contributed by atoms with Gasteiger partial charge in [-0.2, -0.15) is 10.1 Å². The third-order valence-electron chi connectivity index (χ3n) is 3.70. The molecule has 0 aromatic carbocycles. The lowest BCUT2D eigenvalue weighted by atomic mass is 10.1. The minimum absolute atomic E-state index is 0.308. The SMILES string of the molecule is CCCCc1c(C)nc2nc(SCc3n[nH]c(=O)[nH]3)nn2c1C. The smallest absolute Gasteiger partial charge is 0.292 e. The molecule has 0 fully saturated rings. The Hall–Kier alpha value is -2.16. The van der Waals surface area contributed by atoms with Crippen LogP contribution in [0, 0.1) is 13.8 Å². The molecule has 0 aliphatic carbocycles. The van der Waals surface area contributed by atoms with E-state index in [0.717, 1.165) is 30.7 Å². The van der Waals surface area contributed by atoms with Gasteiger partial charge in [-0.15, -0.1) is 5.10 Å². The molecule has 0 unspecified atom stereocenters. The summed E-state index contributed by atoms with van der Waals surface area (Å²) in [5.74, 6) is 1.68. The second-order valence-electron chi connectivity index (χ2n) is 5.38. The molecule has 0 amide bonds. The van der Waals surface area contributed by atoms with Gasteiger partial charge in [-0.05, 0) is 32.3 Å². The van der Waals surface area contributed by atoms with E-state index >= 15 is 0 Å². The van der Waals surface area contributed by atoms with E-state index < -0.39 is 0 Å². The molecule has 0 aliphatic heterocycles. The van der Waals surface area contributed by atoms with Gasteiger partial charge in [-0.1, -0.05) is 25.1 Å². The van der Waals surface area contributed by atoms with Crippen LogP contribution in [0.5, 0.6) is 0 Å². The molecule has 3 heterocycles. The van der Waals surface area contributed by atoms with Crippen LogP contribution in [0.2, 0.25) is 0 Å². The number of fused-ring (bicyclic) bond motifs is 1. The number of aryl methyl sites for hydroxylation is 2. The van der Waals surface area contributed by atoms with Gasteiger partial charge < -0.3 is 0 Å². The standard InChI is InChI=1S/C14H19N7OS/c1-4-5-6-10-8(2)15-12-17-14(20-21(12)9(10)3)23-7-11-16-13(22)19-18-11/h4-7H2,1-3H3,(H2,16,18,19,22). The highest BCUT2D eigenvalue weighted by Gasteiger charge is 2.13. The molecule has 0 bridgehead atoms. The number of nitrogens with one attached hydrogen (secondary N) is 2. The highest BCUT2D eigenvalue weighted by Crippen LogP contribution is 2.21. The van der Waals surface area contributed by atoms with E-state index in [9.17, 15) is 4.79 Å². The van der Waals surface area contributed by atoms with Crippen LogP contribution in [0.25, 0.3) is 5.78 Å². The molecule has 0 saturated carbocycles. The highest BCUT2D eigenvalue weighted by atomic mass is 32.2. The first-order valence-corrected chi connectivity index (χ1v) is 8.56. The number of aromatic nitrogens is 7. The molecule has 0 aliphatic rings. The Morgan fingerprint density at radius 3 is 2.78 bits per heavy atom. The van der Waals surface area contributed by atoms with Gasteiger partial charge >= 0.3 is 5.69 Å². The first kappa shape index (κ1) is 15.7. The lowest BCUT2D eigenvalue weighted by Gasteiger charge is -2.09. The molecule has 122 valence electrons. The largest absolute Gasteiger partial charge is 0.340 e. The van der Waals surface area contributed by atoms with E-state index in [1.807, 2.05) is 6.92 Å². The third kappa shape index (κ3) is 3.29. The fourth-order valence-electron chi connectivity index (χ4n) is 2.47. The van der Waals surface area contributed by atoms with Gasteiger partial charge in [0.2, 0.25) is 5.16 Å². The van der Waals surface area contributed by atoms with Crippen molar-refractivity contribution in [1.29, 1.82) is 0 Å². The van der Waals surface area contributed by atoms with E-state index in [-0.39, 0.29) is 5.69 Å². The summed E-state index contributed by atoms with van der Waals surface area (Å²) in [5.41, 5.74) is 3.05. The number of nitrogens with zero attached hydrogens (tertiary/aromatic N) is 5. The summed E-state index contributed by atoms with van der Waals surface area (Å²) < 4.78 is 1.80. The quantitative estimate of drug-likeness (QED) is 0.666. The predicted molar refractivity (Wildman–Crippen MR) is 87.6 cm³/mol. The molecule has 2 N–H and O–H groups in total. The zero-order valence-electron chi connectivity index (χ0n) is 13.4. The first-order valence-electron chi connectivity index (χ1n) is 7.57. The number of unbranched alkanes of at least 4 members (excludes halogenated alkanes) is 1. The van der Waals surface area contributed by atoms with Crippen LogP contribution in [0.3, 0.4) is 0 Å². The second kappa shape index (κ2) is 6.53. The molecule has 0 spiro atoms. The van der Waals surface area contributed by atoms with Gasteiger partial charge in [-0.3, -0.25) is 4.98 Å². The minimum atomic E-state index is -0.308. The third-order valence-corrected chi connectivity index (χ3v) is 4.55. The summed E-state index contributed by atoms with van der Waals surface area (Å²) in [6.07, 6.45) is 3.29. The van der Waals surface area contributed by atoms with Crippen molar-refractivity contribution in [3.05, 3.63) is 33.3 Å². The maximum atomic E-state index is 11.0. The number of thioether (sulfide) groups is 1. The Morgan fingerprint density at radius 1 is 1.26 bits per heavy atom. The lowest BCUT2D eigenvalue weighted by Crippen LogP contribution is -2.05. The van der Waals surface area contributed by atoms with Crippen molar-refractivity contribution in [2.45, 2.75) is 50.9 Å². The molecule has 8 nitrogen and oxygen atoms in total. The maximum Gasteiger partial charge on any atom is 0.340 e. The van der Waals surface area contributed by atoms with Crippen molar-refractivity contribution >= 4 is 17.5 Å². The van der Waals surface area contributed by atoms with Gasteiger partial charge in [0.05, 0.1) is 5.75 Å². The number of hydrogen-bond donors (Lipinski definition) is 2. The van der Waals surface area contributed by atoms with Crippen LogP contribution in [0.15, 0.2) is 9.95 Å². The summed E-state index contributed by atoms with van der Waals surface area (Å²) in [6, 6.07) is 0. The number of H-pyrrole nitrogens is 2. The molecule has 9 heteroatoms. The Bertz CT molecular complexity index is 879. The molecule has 0 radical (unpaired) electrons. The van der Waals surface area contributed by atoms with E-state index in [4.69, 9.17) is 0 Å². The van der Waals surface area contributed by atoms with Gasteiger partial charge in [0.1, 0.15) is 5.82 Å². The molecule has 3 aromatic rings. The lowest BCUT2D eigenvalue weighted by molar-refractivity contribution is 0.753. The first-order chi connectivity index (χ1) is 11.1. The van der Waals surface area contributed by atoms with E-state index in [1.54, 1.807) is 4.52 Å². The van der Waals surface area contributed by atoms with Gasteiger partial charge in [0.25, 0.3) is 5.78 Å². The molecule has 0 saturated heterocycles. The predicted octanol–water partition coefficient (Wildman–Crippen LogP) is 1.79. The summed E-state index contributed by atoms with van der Waals surface area (Å²) in [4.78, 5) is 22.6. The fraction of sp³-hybridized carbons (Fsp3) is 0.500. The average molecular weight is 333 g/mol. The van der Waals surface area contributed by atoms with Crippen molar-refractivity contribution in [2.24, 2.45) is 0 Å². The Balaban J connectivity index is 1.86. The van der Waals surface area contributed by atoms with Crippen LogP contribution in [0.4, 0.5) is 0 Å². The summed E-state index contributed by atoms with van der Waals surface area (Å²) in [6.45, 7) is 6.26. The molecule has 3 aromatic heterocycles. The van der Waals surface area contributed by atoms with Crippen molar-refractivity contribution in [3.8, 4) is 0 Å². The van der Waals surface area contributed by atoms with Crippen LogP contribution in [-0.4, -0.2) is 34.8 Å². The van der Waals surface area contributed by atoms with E-state index in [0.29, 0.717) is 22.5 Å². The molecular weight excluding hydrogens is 314 g/mol. The minimum Gasteiger partial charge on any atom is -0.292 e. The Morgan fingerprint density at radius 2 is 2.09 bits per heavy atom. The zero-order chi connectivity index (χ0) is 16.4. The Kier molecular flexibility index (Phi) is 4.46. The van der Waals surface area contributed by atoms with Crippen molar-refractivity contribution < 1.29 is 0 Å². The van der Waals surface area contributed by atoms with E-state index in [2.05, 4.69) is 44.1 Å². The van der Waals surface area contributed by atoms with Crippen LogP contribution < -0.4 is 5.69 Å². The van der Waals surface area contributed by atoms with Crippen LogP contribution >= 0.6 is 11.8 Å². The Labute approximate surface area is 137 Å². The van der Waals surface area contributed by atoms with Crippen molar-refractivity contribution in [2.75, 3.05) is 0 Å². The van der Waals surface area contributed by atoms with Crippen molar-refractivity contribution in [3.63, 3.8) is 0 Å². The topological polar surface area (TPSA) is 105 Å². The van der Waals surface area contributed by atoms with Gasteiger partial charge in [-0.25, -0.2) is 19.4 Å². The fourth-order valence-corrected chi connectivity index (χ4v) is 3.16. The molecule has 3 rings (SSSR count). The average Bonchev–Trinajstić information content (AvgIpc) is 3.11. The summed E-state index contributed by atoms with van der Waals surface area (Å²) >= 11 is 1.42. The van der Waals surface area contributed by atoms with Gasteiger partial charge in [0, 0.05) is 11.4 Å². The highest BCUT2D eigenvalue weighted by molar-refractivity contribution is 7.98. The molecular formula is C14H19N7OS. The monoisotopic (exact) mass is 333 g/mol.